The summed E-state index contributed by atoms with van der Waals surface area (Å²) in [6.45, 7) is 4.74. The Morgan fingerprint density at radius 3 is 2.62 bits per heavy atom. The smallest absolute Gasteiger partial charge is 0.227 e. The van der Waals surface area contributed by atoms with E-state index in [0.29, 0.717) is 31.7 Å². The normalized spacial score (nSPS) is 12.6. The van der Waals surface area contributed by atoms with Gasteiger partial charge in [0, 0.05) is 19.9 Å². The summed E-state index contributed by atoms with van der Waals surface area (Å²) in [7, 11) is 0. The zero-order valence-electron chi connectivity index (χ0n) is 15.2. The SMILES string of the molecule is CCOc1ccc(CCC(=O)N2CCc3cccc(NC(C)=O)c32)cc1. The number of rotatable bonds is 6. The highest BCUT2D eigenvalue weighted by Crippen LogP contribution is 2.36. The standard InChI is InChI=1S/C21H24N2O3/c1-3-26-18-10-7-16(8-11-18)9-12-20(25)23-14-13-17-5-4-6-19(21(17)23)22-15(2)24/h4-8,10-11H,3,9,12-14H2,1-2H3,(H,22,24). The number of nitrogens with one attached hydrogen (secondary N) is 1. The quantitative estimate of drug-likeness (QED) is 0.865. The summed E-state index contributed by atoms with van der Waals surface area (Å²) in [5.41, 5.74) is 3.77. The van der Waals surface area contributed by atoms with E-state index in [1.165, 1.54) is 6.92 Å². The third-order valence-electron chi connectivity index (χ3n) is 4.47. The topological polar surface area (TPSA) is 58.6 Å². The molecule has 0 radical (unpaired) electrons. The van der Waals surface area contributed by atoms with Crippen molar-refractivity contribution in [1.82, 2.24) is 0 Å². The second kappa shape index (κ2) is 8.04. The number of ether oxygens (including phenoxy) is 1. The lowest BCUT2D eigenvalue weighted by Crippen LogP contribution is -2.30. The van der Waals surface area contributed by atoms with Crippen molar-refractivity contribution in [3.63, 3.8) is 0 Å². The third kappa shape index (κ3) is 4.04. The average Bonchev–Trinajstić information content (AvgIpc) is 3.06. The molecule has 5 nitrogen and oxygen atoms in total. The van der Waals surface area contributed by atoms with Crippen molar-refractivity contribution in [3.8, 4) is 5.75 Å². The molecule has 0 atom stereocenters. The third-order valence-corrected chi connectivity index (χ3v) is 4.47. The molecule has 5 heteroatoms. The molecule has 0 bridgehead atoms. The van der Waals surface area contributed by atoms with E-state index in [2.05, 4.69) is 5.32 Å². The summed E-state index contributed by atoms with van der Waals surface area (Å²) < 4.78 is 5.44. The Kier molecular flexibility index (Phi) is 5.56. The maximum atomic E-state index is 12.8. The van der Waals surface area contributed by atoms with Crippen molar-refractivity contribution in [1.29, 1.82) is 0 Å². The van der Waals surface area contributed by atoms with Crippen LogP contribution >= 0.6 is 0 Å². The lowest BCUT2D eigenvalue weighted by molar-refractivity contribution is -0.118. The Labute approximate surface area is 154 Å². The summed E-state index contributed by atoms with van der Waals surface area (Å²) in [5, 5.41) is 2.84. The first-order valence-electron chi connectivity index (χ1n) is 9.00. The molecule has 0 aromatic heterocycles. The van der Waals surface area contributed by atoms with Gasteiger partial charge in [-0.25, -0.2) is 0 Å². The van der Waals surface area contributed by atoms with Gasteiger partial charge >= 0.3 is 0 Å². The molecule has 1 aliphatic rings. The fourth-order valence-corrected chi connectivity index (χ4v) is 3.30. The van der Waals surface area contributed by atoms with E-state index in [1.54, 1.807) is 4.90 Å². The first kappa shape index (κ1) is 18.0. The Balaban J connectivity index is 1.68. The van der Waals surface area contributed by atoms with Crippen LogP contribution in [0.2, 0.25) is 0 Å². The van der Waals surface area contributed by atoms with Gasteiger partial charge in [-0.2, -0.15) is 0 Å². The van der Waals surface area contributed by atoms with Crippen LogP contribution in [0, 0.1) is 0 Å². The maximum Gasteiger partial charge on any atom is 0.227 e. The first-order chi connectivity index (χ1) is 12.6. The van der Waals surface area contributed by atoms with E-state index in [4.69, 9.17) is 4.74 Å². The van der Waals surface area contributed by atoms with E-state index in [0.717, 1.165) is 29.0 Å². The predicted molar refractivity (Wildman–Crippen MR) is 103 cm³/mol. The largest absolute Gasteiger partial charge is 0.494 e. The van der Waals surface area contributed by atoms with E-state index < -0.39 is 0 Å². The van der Waals surface area contributed by atoms with Gasteiger partial charge < -0.3 is 15.0 Å². The Bertz CT molecular complexity index is 799. The lowest BCUT2D eigenvalue weighted by atomic mass is 10.1. The number of nitrogens with zero attached hydrogens (tertiary/aromatic N) is 1. The Morgan fingerprint density at radius 1 is 1.15 bits per heavy atom. The highest BCUT2D eigenvalue weighted by Gasteiger charge is 2.27. The van der Waals surface area contributed by atoms with Gasteiger partial charge in [-0.05, 0) is 49.1 Å². The predicted octanol–water partition coefficient (Wildman–Crippen LogP) is 3.57. The molecule has 0 saturated carbocycles. The fourth-order valence-electron chi connectivity index (χ4n) is 3.30. The molecule has 1 N–H and O–H groups in total. The van der Waals surface area contributed by atoms with Crippen molar-refractivity contribution in [2.45, 2.75) is 33.1 Å². The highest BCUT2D eigenvalue weighted by atomic mass is 16.5. The molecule has 2 amide bonds. The second-order valence-corrected chi connectivity index (χ2v) is 6.37. The molecule has 2 aromatic carbocycles. The summed E-state index contributed by atoms with van der Waals surface area (Å²) in [4.78, 5) is 26.0. The van der Waals surface area contributed by atoms with Crippen molar-refractivity contribution < 1.29 is 14.3 Å². The summed E-state index contributed by atoms with van der Waals surface area (Å²) in [5.74, 6) is 0.790. The number of carbonyl (C=O) groups excluding carboxylic acids is 2. The number of amides is 2. The molecule has 0 saturated heterocycles. The maximum absolute atomic E-state index is 12.8. The molecule has 0 fully saturated rings. The van der Waals surface area contributed by atoms with Gasteiger partial charge in [0.1, 0.15) is 5.75 Å². The van der Waals surface area contributed by atoms with E-state index in [1.807, 2.05) is 49.4 Å². The van der Waals surface area contributed by atoms with Crippen molar-refractivity contribution in [3.05, 3.63) is 53.6 Å². The van der Waals surface area contributed by atoms with Gasteiger partial charge in [0.25, 0.3) is 0 Å². The summed E-state index contributed by atoms with van der Waals surface area (Å²) in [6.07, 6.45) is 1.93. The number of fused-ring (bicyclic) bond motifs is 1. The highest BCUT2D eigenvalue weighted by molar-refractivity contribution is 6.02. The van der Waals surface area contributed by atoms with Crippen LogP contribution in [0.3, 0.4) is 0 Å². The van der Waals surface area contributed by atoms with Crippen molar-refractivity contribution in [2.24, 2.45) is 0 Å². The zero-order valence-corrected chi connectivity index (χ0v) is 15.2. The number of para-hydroxylation sites is 1. The summed E-state index contributed by atoms with van der Waals surface area (Å²) >= 11 is 0. The molecule has 1 heterocycles. The molecular formula is C21H24N2O3. The van der Waals surface area contributed by atoms with Crippen LogP contribution in [0.15, 0.2) is 42.5 Å². The molecule has 0 spiro atoms. The molecule has 0 aliphatic carbocycles. The minimum absolute atomic E-state index is 0.0791. The monoisotopic (exact) mass is 352 g/mol. The van der Waals surface area contributed by atoms with E-state index in [9.17, 15) is 9.59 Å². The van der Waals surface area contributed by atoms with Gasteiger partial charge in [-0.1, -0.05) is 24.3 Å². The molecule has 3 rings (SSSR count). The van der Waals surface area contributed by atoms with Crippen LogP contribution in [-0.4, -0.2) is 25.0 Å². The first-order valence-corrected chi connectivity index (χ1v) is 9.00. The summed E-state index contributed by atoms with van der Waals surface area (Å²) in [6, 6.07) is 13.6. The molecule has 0 unspecified atom stereocenters. The van der Waals surface area contributed by atoms with Crippen LogP contribution in [-0.2, 0) is 22.4 Å². The number of hydrogen-bond acceptors (Lipinski definition) is 3. The van der Waals surface area contributed by atoms with Crippen LogP contribution in [0.4, 0.5) is 11.4 Å². The molecule has 2 aromatic rings. The van der Waals surface area contributed by atoms with Crippen LogP contribution < -0.4 is 15.0 Å². The number of benzene rings is 2. The van der Waals surface area contributed by atoms with E-state index >= 15 is 0 Å². The average molecular weight is 352 g/mol. The minimum Gasteiger partial charge on any atom is -0.494 e. The molecule has 26 heavy (non-hydrogen) atoms. The fraction of sp³-hybridized carbons (Fsp3) is 0.333. The second-order valence-electron chi connectivity index (χ2n) is 6.37. The molecule has 136 valence electrons. The molecular weight excluding hydrogens is 328 g/mol. The van der Waals surface area contributed by atoms with Gasteiger partial charge in [0.15, 0.2) is 0 Å². The number of carbonyl (C=O) groups is 2. The van der Waals surface area contributed by atoms with Gasteiger partial charge in [0.2, 0.25) is 11.8 Å². The lowest BCUT2D eigenvalue weighted by Gasteiger charge is -2.20. The van der Waals surface area contributed by atoms with Gasteiger partial charge in [-0.15, -0.1) is 0 Å². The Morgan fingerprint density at radius 2 is 1.92 bits per heavy atom. The minimum atomic E-state index is -0.132. The Hall–Kier alpha value is -2.82. The number of anilines is 2. The van der Waals surface area contributed by atoms with Crippen LogP contribution in [0.25, 0.3) is 0 Å². The zero-order chi connectivity index (χ0) is 18.5. The van der Waals surface area contributed by atoms with Crippen molar-refractivity contribution >= 4 is 23.2 Å². The van der Waals surface area contributed by atoms with Crippen molar-refractivity contribution in [2.75, 3.05) is 23.4 Å². The number of hydrogen-bond donors (Lipinski definition) is 1. The van der Waals surface area contributed by atoms with Gasteiger partial charge in [-0.3, -0.25) is 9.59 Å². The van der Waals surface area contributed by atoms with Crippen LogP contribution in [0.5, 0.6) is 5.75 Å². The van der Waals surface area contributed by atoms with Crippen LogP contribution in [0.1, 0.15) is 31.4 Å². The molecule has 1 aliphatic heterocycles. The van der Waals surface area contributed by atoms with Gasteiger partial charge in [0.05, 0.1) is 18.0 Å². The van der Waals surface area contributed by atoms with E-state index in [-0.39, 0.29) is 11.8 Å². The number of aryl methyl sites for hydroxylation is 1.